The molecule has 212 valence electrons. The molecule has 1 atom stereocenters. The standard InChI is InChI=1S/C26H29F3N8O2S/c1-17(14-36-10-12-37(13-11-36)40(38,39)22-8-5-9-30-18(22)2)33-25-20-7-4-6-19(23(20)31-16-32-25)21-15-35(3)34-24(21)26(27,28)29/h4-9,15-17H,10-14H2,1-3H3,(H,31,32,33). The Morgan fingerprint density at radius 2 is 1.77 bits per heavy atom. The fourth-order valence-electron chi connectivity index (χ4n) is 5.01. The second-order valence-electron chi connectivity index (χ2n) is 9.82. The van der Waals surface area contributed by atoms with Gasteiger partial charge in [-0.3, -0.25) is 14.6 Å². The summed E-state index contributed by atoms with van der Waals surface area (Å²) >= 11 is 0. The molecule has 1 aromatic carbocycles. The van der Waals surface area contributed by atoms with Crippen molar-refractivity contribution in [1.29, 1.82) is 0 Å². The highest BCUT2D eigenvalue weighted by molar-refractivity contribution is 7.89. The molecule has 4 aromatic rings. The Balaban J connectivity index is 1.29. The topological polar surface area (TPSA) is 109 Å². The van der Waals surface area contributed by atoms with Crippen LogP contribution in [0.3, 0.4) is 0 Å². The van der Waals surface area contributed by atoms with Crippen LogP contribution in [0.2, 0.25) is 0 Å². The van der Waals surface area contributed by atoms with Crippen LogP contribution >= 0.6 is 0 Å². The van der Waals surface area contributed by atoms with E-state index < -0.39 is 21.9 Å². The molecule has 0 spiro atoms. The van der Waals surface area contributed by atoms with Gasteiger partial charge in [-0.05, 0) is 32.0 Å². The summed E-state index contributed by atoms with van der Waals surface area (Å²) in [7, 11) is -2.17. The van der Waals surface area contributed by atoms with Crippen molar-refractivity contribution in [1.82, 2.24) is 33.9 Å². The number of benzene rings is 1. The molecule has 0 radical (unpaired) electrons. The largest absolute Gasteiger partial charge is 0.435 e. The fraction of sp³-hybridized carbons (Fsp3) is 0.385. The lowest BCUT2D eigenvalue weighted by molar-refractivity contribution is -0.140. The van der Waals surface area contributed by atoms with E-state index in [0.717, 1.165) is 4.68 Å². The number of alkyl halides is 3. The molecule has 1 aliphatic rings. The van der Waals surface area contributed by atoms with Crippen LogP contribution in [0.5, 0.6) is 0 Å². The van der Waals surface area contributed by atoms with Crippen LogP contribution in [0, 0.1) is 6.92 Å². The highest BCUT2D eigenvalue weighted by Gasteiger charge is 2.38. The minimum Gasteiger partial charge on any atom is -0.366 e. The zero-order valence-corrected chi connectivity index (χ0v) is 23.0. The van der Waals surface area contributed by atoms with Crippen molar-refractivity contribution in [3.8, 4) is 11.1 Å². The van der Waals surface area contributed by atoms with Gasteiger partial charge in [0.1, 0.15) is 17.0 Å². The zero-order chi connectivity index (χ0) is 28.7. The van der Waals surface area contributed by atoms with Crippen LogP contribution in [-0.4, -0.2) is 81.1 Å². The number of sulfonamides is 1. The highest BCUT2D eigenvalue weighted by Crippen LogP contribution is 2.38. The number of pyridine rings is 1. The molecule has 4 heterocycles. The lowest BCUT2D eigenvalue weighted by Gasteiger charge is -2.35. The third-order valence-corrected chi connectivity index (χ3v) is 8.91. The van der Waals surface area contributed by atoms with E-state index in [4.69, 9.17) is 0 Å². The van der Waals surface area contributed by atoms with Gasteiger partial charge in [-0.2, -0.15) is 22.6 Å². The molecular weight excluding hydrogens is 545 g/mol. The fourth-order valence-corrected chi connectivity index (χ4v) is 6.61. The van der Waals surface area contributed by atoms with Gasteiger partial charge in [0.15, 0.2) is 5.69 Å². The average molecular weight is 575 g/mol. The Kier molecular flexibility index (Phi) is 7.50. The summed E-state index contributed by atoms with van der Waals surface area (Å²) in [4.78, 5) is 15.2. The SMILES string of the molecule is Cc1ncccc1S(=O)(=O)N1CCN(CC(C)Nc2ncnc3c(-c4cn(C)nc4C(F)(F)F)cccc23)CC1. The summed E-state index contributed by atoms with van der Waals surface area (Å²) in [6.07, 6.45) is -0.373. The Bertz CT molecular complexity index is 1630. The van der Waals surface area contributed by atoms with Crippen LogP contribution in [0.15, 0.2) is 53.9 Å². The summed E-state index contributed by atoms with van der Waals surface area (Å²) < 4.78 is 69.7. The van der Waals surface area contributed by atoms with Gasteiger partial charge in [0, 0.05) is 74.7 Å². The minimum absolute atomic E-state index is 0.0485. The van der Waals surface area contributed by atoms with Crippen LogP contribution < -0.4 is 5.32 Å². The van der Waals surface area contributed by atoms with E-state index in [1.807, 2.05) is 6.92 Å². The van der Waals surface area contributed by atoms with Crippen molar-refractivity contribution < 1.29 is 21.6 Å². The number of nitrogens with one attached hydrogen (secondary N) is 1. The zero-order valence-electron chi connectivity index (χ0n) is 22.2. The van der Waals surface area contributed by atoms with Gasteiger partial charge < -0.3 is 5.32 Å². The predicted molar refractivity (Wildman–Crippen MR) is 144 cm³/mol. The van der Waals surface area contributed by atoms with Crippen molar-refractivity contribution >= 4 is 26.7 Å². The first-order chi connectivity index (χ1) is 18.9. The number of hydrogen-bond acceptors (Lipinski definition) is 8. The Morgan fingerprint density at radius 1 is 1.02 bits per heavy atom. The summed E-state index contributed by atoms with van der Waals surface area (Å²) in [5.74, 6) is 0.505. The summed E-state index contributed by atoms with van der Waals surface area (Å²) in [5, 5.41) is 7.57. The lowest BCUT2D eigenvalue weighted by atomic mass is 10.0. The van der Waals surface area contributed by atoms with Crippen molar-refractivity contribution in [3.63, 3.8) is 0 Å². The third kappa shape index (κ3) is 5.51. The minimum atomic E-state index is -4.61. The molecule has 40 heavy (non-hydrogen) atoms. The van der Waals surface area contributed by atoms with E-state index in [0.29, 0.717) is 60.7 Å². The first-order valence-electron chi connectivity index (χ1n) is 12.7. The molecular formula is C26H29F3N8O2S. The van der Waals surface area contributed by atoms with E-state index in [-0.39, 0.29) is 16.5 Å². The summed E-state index contributed by atoms with van der Waals surface area (Å²) in [5.41, 5.74) is 0.157. The van der Waals surface area contributed by atoms with Crippen molar-refractivity contribution in [3.05, 3.63) is 60.4 Å². The second-order valence-corrected chi connectivity index (χ2v) is 11.7. The number of hydrogen-bond donors (Lipinski definition) is 1. The van der Waals surface area contributed by atoms with Crippen LogP contribution in [0.25, 0.3) is 22.0 Å². The second kappa shape index (κ2) is 10.7. The maximum Gasteiger partial charge on any atom is 0.435 e. The van der Waals surface area contributed by atoms with Gasteiger partial charge in [0.05, 0.1) is 11.2 Å². The molecule has 1 fully saturated rings. The Labute approximate surface area is 229 Å². The highest BCUT2D eigenvalue weighted by atomic mass is 32.2. The van der Waals surface area contributed by atoms with E-state index in [9.17, 15) is 21.6 Å². The average Bonchev–Trinajstić information content (AvgIpc) is 3.31. The number of halogens is 3. The molecule has 0 saturated carbocycles. The van der Waals surface area contributed by atoms with Crippen LogP contribution in [0.4, 0.5) is 19.0 Å². The molecule has 5 rings (SSSR count). The molecule has 10 nitrogen and oxygen atoms in total. The van der Waals surface area contributed by atoms with Gasteiger partial charge in [0.25, 0.3) is 0 Å². The number of fused-ring (bicyclic) bond motifs is 1. The van der Waals surface area contributed by atoms with Crippen molar-refractivity contribution in [2.24, 2.45) is 7.05 Å². The summed E-state index contributed by atoms with van der Waals surface area (Å²) in [6.45, 7) is 6.10. The smallest absolute Gasteiger partial charge is 0.366 e. The first kappa shape index (κ1) is 27.9. The van der Waals surface area contributed by atoms with E-state index >= 15 is 0 Å². The molecule has 14 heteroatoms. The quantitative estimate of drug-likeness (QED) is 0.357. The van der Waals surface area contributed by atoms with Gasteiger partial charge >= 0.3 is 6.18 Å². The Hall–Kier alpha value is -3.62. The van der Waals surface area contributed by atoms with Crippen LogP contribution in [-0.2, 0) is 23.2 Å². The number of anilines is 1. The van der Waals surface area contributed by atoms with Gasteiger partial charge in [-0.1, -0.05) is 12.1 Å². The molecule has 1 N–H and O–H groups in total. The normalized spacial score (nSPS) is 16.4. The number of aryl methyl sites for hydroxylation is 2. The van der Waals surface area contributed by atoms with Gasteiger partial charge in [-0.25, -0.2) is 18.4 Å². The first-order valence-corrected chi connectivity index (χ1v) is 14.1. The third-order valence-electron chi connectivity index (χ3n) is 6.87. The predicted octanol–water partition coefficient (Wildman–Crippen LogP) is 3.56. The number of aromatic nitrogens is 5. The number of nitrogens with zero attached hydrogens (tertiary/aromatic N) is 7. The molecule has 0 amide bonds. The maximum absolute atomic E-state index is 13.7. The molecule has 3 aromatic heterocycles. The summed E-state index contributed by atoms with van der Waals surface area (Å²) in [6, 6.07) is 8.14. The number of rotatable bonds is 7. The lowest BCUT2D eigenvalue weighted by Crippen LogP contribution is -2.50. The number of piperazine rings is 1. The monoisotopic (exact) mass is 574 g/mol. The molecule has 1 aliphatic heterocycles. The molecule has 0 aliphatic carbocycles. The van der Waals surface area contributed by atoms with Gasteiger partial charge in [0.2, 0.25) is 10.0 Å². The van der Waals surface area contributed by atoms with E-state index in [1.165, 1.54) is 23.9 Å². The molecule has 0 bridgehead atoms. The maximum atomic E-state index is 13.7. The molecule has 1 saturated heterocycles. The Morgan fingerprint density at radius 3 is 2.48 bits per heavy atom. The van der Waals surface area contributed by atoms with E-state index in [2.05, 4.69) is 30.3 Å². The van der Waals surface area contributed by atoms with Crippen molar-refractivity contribution in [2.75, 3.05) is 38.0 Å². The van der Waals surface area contributed by atoms with Crippen molar-refractivity contribution in [2.45, 2.75) is 31.0 Å². The number of para-hydroxylation sites is 1. The molecule has 1 unspecified atom stereocenters. The van der Waals surface area contributed by atoms with E-state index in [1.54, 1.807) is 43.5 Å². The van der Waals surface area contributed by atoms with Gasteiger partial charge in [-0.15, -0.1) is 0 Å². The van der Waals surface area contributed by atoms with Crippen LogP contribution in [0.1, 0.15) is 18.3 Å².